The molecule has 0 aromatic carbocycles. The predicted molar refractivity (Wildman–Crippen MR) is 99.2 cm³/mol. The average molecular weight is 343 g/mol. The van der Waals surface area contributed by atoms with E-state index in [9.17, 15) is 9.59 Å². The summed E-state index contributed by atoms with van der Waals surface area (Å²) in [4.78, 5) is 23.9. The topological polar surface area (TPSA) is 67.4 Å². The van der Waals surface area contributed by atoms with Crippen LogP contribution in [0, 0.1) is 11.3 Å². The van der Waals surface area contributed by atoms with Crippen molar-refractivity contribution >= 4 is 11.9 Å². The monoisotopic (exact) mass is 342 g/mol. The van der Waals surface area contributed by atoms with Crippen molar-refractivity contribution in [3.63, 3.8) is 0 Å². The van der Waals surface area contributed by atoms with Gasteiger partial charge in [-0.25, -0.2) is 4.79 Å². The van der Waals surface area contributed by atoms with Crippen LogP contribution in [-0.4, -0.2) is 36.1 Å². The molecule has 0 saturated carbocycles. The third-order valence-electron chi connectivity index (χ3n) is 3.39. The van der Waals surface area contributed by atoms with Gasteiger partial charge in [-0.3, -0.25) is 4.79 Å². The van der Waals surface area contributed by atoms with Gasteiger partial charge in [0.25, 0.3) is 0 Å². The number of ketones is 1. The first-order valence-electron chi connectivity index (χ1n) is 8.93. The molecule has 142 valence electrons. The number of carbonyl (C=O) groups excluding carboxylic acids is 2. The molecule has 24 heavy (non-hydrogen) atoms. The second-order valence-electron chi connectivity index (χ2n) is 9.31. The van der Waals surface area contributed by atoms with E-state index in [0.717, 1.165) is 12.8 Å². The molecule has 0 rings (SSSR count). The van der Waals surface area contributed by atoms with Gasteiger partial charge in [-0.1, -0.05) is 34.6 Å². The molecule has 2 N–H and O–H groups in total. The van der Waals surface area contributed by atoms with Gasteiger partial charge in [0.05, 0.1) is 6.04 Å². The molecule has 0 bridgehead atoms. The lowest BCUT2D eigenvalue weighted by molar-refractivity contribution is -0.119. The minimum absolute atomic E-state index is 0.0606. The lowest BCUT2D eigenvalue weighted by Gasteiger charge is -2.30. The molecule has 0 aliphatic rings. The Morgan fingerprint density at radius 3 is 1.96 bits per heavy atom. The van der Waals surface area contributed by atoms with Crippen molar-refractivity contribution in [2.75, 3.05) is 6.54 Å². The first kappa shape index (κ1) is 22.9. The van der Waals surface area contributed by atoms with Crippen molar-refractivity contribution in [3.8, 4) is 0 Å². The summed E-state index contributed by atoms with van der Waals surface area (Å²) in [7, 11) is 0. The Labute approximate surface area is 148 Å². The molecule has 0 aliphatic heterocycles. The number of amides is 1. The van der Waals surface area contributed by atoms with Crippen LogP contribution in [0.1, 0.15) is 75.2 Å². The van der Waals surface area contributed by atoms with E-state index in [4.69, 9.17) is 4.74 Å². The highest BCUT2D eigenvalue weighted by atomic mass is 16.6. The van der Waals surface area contributed by atoms with E-state index in [1.54, 1.807) is 6.92 Å². The second-order valence-corrected chi connectivity index (χ2v) is 9.31. The number of alkyl carbamates (subject to hydrolysis) is 1. The molecule has 0 fully saturated rings. The molecule has 5 nitrogen and oxygen atoms in total. The Morgan fingerprint density at radius 2 is 1.58 bits per heavy atom. The molecule has 0 aliphatic carbocycles. The minimum Gasteiger partial charge on any atom is -0.444 e. The number of rotatable bonds is 8. The first-order valence-corrected chi connectivity index (χ1v) is 8.93. The van der Waals surface area contributed by atoms with E-state index in [2.05, 4.69) is 45.3 Å². The van der Waals surface area contributed by atoms with Gasteiger partial charge in [0, 0.05) is 12.6 Å². The van der Waals surface area contributed by atoms with E-state index in [1.807, 2.05) is 20.8 Å². The number of hydrogen-bond donors (Lipinski definition) is 2. The van der Waals surface area contributed by atoms with Crippen LogP contribution in [-0.2, 0) is 9.53 Å². The van der Waals surface area contributed by atoms with Crippen LogP contribution in [0.2, 0.25) is 0 Å². The second kappa shape index (κ2) is 9.40. The van der Waals surface area contributed by atoms with Gasteiger partial charge in [0.1, 0.15) is 11.4 Å². The Hall–Kier alpha value is -1.10. The maximum absolute atomic E-state index is 12.1. The summed E-state index contributed by atoms with van der Waals surface area (Å²) in [5.41, 5.74) is -0.464. The SMILES string of the molecule is CC(=O)[C@H](CC(C)C)NC[C@@H](CC(C)(C)C)NC(=O)OC(C)(C)C. The van der Waals surface area contributed by atoms with E-state index >= 15 is 0 Å². The van der Waals surface area contributed by atoms with Gasteiger partial charge >= 0.3 is 6.09 Å². The van der Waals surface area contributed by atoms with Crippen molar-refractivity contribution in [2.24, 2.45) is 11.3 Å². The molecule has 0 aromatic heterocycles. The Kier molecular flexibility index (Phi) is 8.97. The number of carbonyl (C=O) groups is 2. The summed E-state index contributed by atoms with van der Waals surface area (Å²) in [6, 6.07) is -0.262. The van der Waals surface area contributed by atoms with Crippen LogP contribution in [0.25, 0.3) is 0 Å². The lowest BCUT2D eigenvalue weighted by Crippen LogP contribution is -2.49. The zero-order valence-electron chi connectivity index (χ0n) is 17.1. The summed E-state index contributed by atoms with van der Waals surface area (Å²) in [6.07, 6.45) is 1.18. The number of nitrogens with one attached hydrogen (secondary N) is 2. The smallest absolute Gasteiger partial charge is 0.407 e. The van der Waals surface area contributed by atoms with Crippen molar-refractivity contribution in [1.29, 1.82) is 0 Å². The van der Waals surface area contributed by atoms with Crippen LogP contribution in [0.3, 0.4) is 0 Å². The Morgan fingerprint density at radius 1 is 1.04 bits per heavy atom. The van der Waals surface area contributed by atoms with Gasteiger partial charge in [0.15, 0.2) is 0 Å². The highest BCUT2D eigenvalue weighted by molar-refractivity contribution is 5.81. The summed E-state index contributed by atoms with van der Waals surface area (Å²) < 4.78 is 5.36. The van der Waals surface area contributed by atoms with Gasteiger partial charge in [-0.2, -0.15) is 0 Å². The number of ether oxygens (including phenoxy) is 1. The fourth-order valence-corrected chi connectivity index (χ4v) is 2.54. The minimum atomic E-state index is -0.524. The zero-order chi connectivity index (χ0) is 19.1. The molecule has 1 amide bonds. The maximum atomic E-state index is 12.1. The van der Waals surface area contributed by atoms with Crippen molar-refractivity contribution in [3.05, 3.63) is 0 Å². The maximum Gasteiger partial charge on any atom is 0.407 e. The van der Waals surface area contributed by atoms with E-state index in [0.29, 0.717) is 12.5 Å². The highest BCUT2D eigenvalue weighted by Gasteiger charge is 2.25. The highest BCUT2D eigenvalue weighted by Crippen LogP contribution is 2.21. The van der Waals surface area contributed by atoms with Crippen LogP contribution in [0.4, 0.5) is 4.79 Å². The molecule has 0 radical (unpaired) electrons. The van der Waals surface area contributed by atoms with Gasteiger partial charge in [0.2, 0.25) is 0 Å². The number of hydrogen-bond acceptors (Lipinski definition) is 4. The first-order chi connectivity index (χ1) is 10.7. The largest absolute Gasteiger partial charge is 0.444 e. The third-order valence-corrected chi connectivity index (χ3v) is 3.39. The quantitative estimate of drug-likeness (QED) is 0.702. The fraction of sp³-hybridized carbons (Fsp3) is 0.895. The summed E-state index contributed by atoms with van der Waals surface area (Å²) >= 11 is 0. The van der Waals surface area contributed by atoms with E-state index < -0.39 is 11.7 Å². The van der Waals surface area contributed by atoms with E-state index in [1.165, 1.54) is 0 Å². The molecule has 0 aromatic rings. The van der Waals surface area contributed by atoms with Crippen LogP contribution in [0.15, 0.2) is 0 Å². The van der Waals surface area contributed by atoms with E-state index in [-0.39, 0.29) is 23.3 Å². The van der Waals surface area contributed by atoms with Crippen LogP contribution < -0.4 is 10.6 Å². The fourth-order valence-electron chi connectivity index (χ4n) is 2.54. The molecule has 0 spiro atoms. The standard InChI is InChI=1S/C19H38N2O3/c1-13(2)10-16(14(3)22)20-12-15(11-18(4,5)6)21-17(23)24-19(7,8)9/h13,15-16,20H,10-12H2,1-9H3,(H,21,23)/t15-,16+/m1/s1. The molecule has 5 heteroatoms. The predicted octanol–water partition coefficient (Wildman–Crippen LogP) is 3.91. The summed E-state index contributed by atoms with van der Waals surface area (Å²) in [5.74, 6) is 0.571. The van der Waals surface area contributed by atoms with Crippen molar-refractivity contribution in [1.82, 2.24) is 10.6 Å². The molecular formula is C19H38N2O3. The van der Waals surface area contributed by atoms with Gasteiger partial charge in [-0.15, -0.1) is 0 Å². The van der Waals surface area contributed by atoms with Crippen molar-refractivity contribution in [2.45, 2.75) is 92.8 Å². The van der Waals surface area contributed by atoms with Crippen LogP contribution >= 0.6 is 0 Å². The van der Waals surface area contributed by atoms with Crippen molar-refractivity contribution < 1.29 is 14.3 Å². The Balaban J connectivity index is 4.82. The van der Waals surface area contributed by atoms with Gasteiger partial charge in [-0.05, 0) is 51.9 Å². The molecule has 0 heterocycles. The number of Topliss-reactive ketones (excluding diaryl/α,β-unsaturated/α-hetero) is 1. The zero-order valence-corrected chi connectivity index (χ0v) is 17.1. The Bertz CT molecular complexity index is 406. The normalized spacial score (nSPS) is 15.1. The lowest BCUT2D eigenvalue weighted by atomic mass is 9.88. The molecule has 0 unspecified atom stereocenters. The third kappa shape index (κ3) is 12.3. The average Bonchev–Trinajstić information content (AvgIpc) is 2.28. The molecule has 2 atom stereocenters. The van der Waals surface area contributed by atoms with Gasteiger partial charge < -0.3 is 15.4 Å². The summed E-state index contributed by atoms with van der Waals surface area (Å²) in [5, 5.41) is 6.26. The van der Waals surface area contributed by atoms with Crippen LogP contribution in [0.5, 0.6) is 0 Å². The molecular weight excluding hydrogens is 304 g/mol. The summed E-state index contributed by atoms with van der Waals surface area (Å²) in [6.45, 7) is 18.3. The molecule has 0 saturated heterocycles.